The van der Waals surface area contributed by atoms with Gasteiger partial charge in [0.1, 0.15) is 11.0 Å². The van der Waals surface area contributed by atoms with Crippen molar-refractivity contribution < 1.29 is 4.74 Å². The molecule has 0 radical (unpaired) electrons. The highest BCUT2D eigenvalue weighted by atomic mass is 35.5. The lowest BCUT2D eigenvalue weighted by molar-refractivity contribution is -0.0424. The molecule has 2 aliphatic carbocycles. The molecule has 1 unspecified atom stereocenters. The van der Waals surface area contributed by atoms with E-state index in [9.17, 15) is 4.79 Å². The average Bonchev–Trinajstić information content (AvgIpc) is 3.08. The number of aromatic nitrogens is 2. The number of halogens is 1. The van der Waals surface area contributed by atoms with Crippen LogP contribution < -0.4 is 5.56 Å². The van der Waals surface area contributed by atoms with E-state index in [2.05, 4.69) is 4.98 Å². The molecule has 0 aromatic carbocycles. The minimum Gasteiger partial charge on any atom is -0.370 e. The van der Waals surface area contributed by atoms with Crippen LogP contribution >= 0.6 is 11.6 Å². The van der Waals surface area contributed by atoms with Crippen LogP contribution in [0.5, 0.6) is 0 Å². The van der Waals surface area contributed by atoms with Crippen LogP contribution in [0.1, 0.15) is 63.1 Å². The van der Waals surface area contributed by atoms with E-state index in [-0.39, 0.29) is 17.3 Å². The first-order valence-electron chi connectivity index (χ1n) is 8.10. The normalized spacial score (nSPS) is 27.6. The average molecular weight is 309 g/mol. The second kappa shape index (κ2) is 5.10. The first-order chi connectivity index (χ1) is 10.2. The van der Waals surface area contributed by atoms with Gasteiger partial charge in [-0.1, -0.05) is 24.4 Å². The van der Waals surface area contributed by atoms with Crippen molar-refractivity contribution in [3.8, 4) is 0 Å². The summed E-state index contributed by atoms with van der Waals surface area (Å²) in [5.41, 5.74) is 0.0845. The minimum absolute atomic E-state index is 0.0344. The Balaban J connectivity index is 1.56. The molecule has 3 aliphatic rings. The lowest BCUT2D eigenvalue weighted by Gasteiger charge is -2.24. The standard InChI is InChI=1S/C16H21ClN2O2/c17-13-9-14(20)19(15(18-13)11-3-4-11)10-12-5-8-16(21-12)6-1-2-7-16/h9,11-12H,1-8,10H2. The molecule has 3 fully saturated rings. The van der Waals surface area contributed by atoms with Crippen LogP contribution in [0.2, 0.25) is 5.15 Å². The van der Waals surface area contributed by atoms with Gasteiger partial charge in [-0.15, -0.1) is 0 Å². The molecule has 1 spiro atoms. The highest BCUT2D eigenvalue weighted by molar-refractivity contribution is 6.29. The molecule has 21 heavy (non-hydrogen) atoms. The van der Waals surface area contributed by atoms with Gasteiger partial charge in [0.05, 0.1) is 18.2 Å². The molecule has 114 valence electrons. The molecule has 0 N–H and O–H groups in total. The molecule has 2 saturated carbocycles. The van der Waals surface area contributed by atoms with E-state index >= 15 is 0 Å². The summed E-state index contributed by atoms with van der Waals surface area (Å²) in [4.78, 5) is 16.7. The SMILES string of the molecule is O=c1cc(Cl)nc(C2CC2)n1CC1CCC2(CCCC2)O1. The van der Waals surface area contributed by atoms with Crippen LogP contribution in [0.3, 0.4) is 0 Å². The topological polar surface area (TPSA) is 44.1 Å². The third-order valence-electron chi connectivity index (χ3n) is 5.19. The summed E-state index contributed by atoms with van der Waals surface area (Å²) >= 11 is 5.95. The molecule has 1 aromatic rings. The zero-order valence-corrected chi connectivity index (χ0v) is 12.9. The van der Waals surface area contributed by atoms with Crippen molar-refractivity contribution in [2.75, 3.05) is 0 Å². The third-order valence-corrected chi connectivity index (χ3v) is 5.38. The Hall–Kier alpha value is -0.870. The Morgan fingerprint density at radius 2 is 2.05 bits per heavy atom. The summed E-state index contributed by atoms with van der Waals surface area (Å²) in [5, 5.41) is 0.317. The number of hydrogen-bond acceptors (Lipinski definition) is 3. The van der Waals surface area contributed by atoms with Crippen molar-refractivity contribution in [1.82, 2.24) is 9.55 Å². The first kappa shape index (κ1) is 13.8. The van der Waals surface area contributed by atoms with E-state index in [0.29, 0.717) is 17.6 Å². The summed E-state index contributed by atoms with van der Waals surface area (Å²) < 4.78 is 8.14. The van der Waals surface area contributed by atoms with Crippen LogP contribution in [-0.4, -0.2) is 21.3 Å². The largest absolute Gasteiger partial charge is 0.370 e. The molecular formula is C16H21ClN2O2. The van der Waals surface area contributed by atoms with Gasteiger partial charge in [-0.3, -0.25) is 9.36 Å². The van der Waals surface area contributed by atoms with Crippen molar-refractivity contribution in [3.05, 3.63) is 27.4 Å². The summed E-state index contributed by atoms with van der Waals surface area (Å²) in [6, 6.07) is 1.42. The highest BCUT2D eigenvalue weighted by Crippen LogP contribution is 2.44. The molecule has 1 atom stereocenters. The molecule has 1 saturated heterocycles. The molecule has 2 heterocycles. The summed E-state index contributed by atoms with van der Waals surface area (Å²) in [7, 11) is 0. The van der Waals surface area contributed by atoms with Crippen molar-refractivity contribution in [1.29, 1.82) is 0 Å². The molecule has 4 rings (SSSR count). The second-order valence-corrected chi connectivity index (χ2v) is 7.22. The van der Waals surface area contributed by atoms with Gasteiger partial charge in [0.15, 0.2) is 0 Å². The van der Waals surface area contributed by atoms with Crippen LogP contribution in [-0.2, 0) is 11.3 Å². The van der Waals surface area contributed by atoms with Crippen LogP contribution in [0.25, 0.3) is 0 Å². The van der Waals surface area contributed by atoms with Crippen LogP contribution in [0.4, 0.5) is 0 Å². The number of rotatable bonds is 3. The van der Waals surface area contributed by atoms with Gasteiger partial charge in [-0.2, -0.15) is 0 Å². The fraction of sp³-hybridized carbons (Fsp3) is 0.750. The van der Waals surface area contributed by atoms with E-state index in [0.717, 1.165) is 31.5 Å². The Morgan fingerprint density at radius 1 is 1.29 bits per heavy atom. The van der Waals surface area contributed by atoms with Gasteiger partial charge in [0, 0.05) is 12.0 Å². The van der Waals surface area contributed by atoms with Gasteiger partial charge < -0.3 is 4.74 Å². The second-order valence-electron chi connectivity index (χ2n) is 6.83. The number of ether oxygens (including phenoxy) is 1. The lowest BCUT2D eigenvalue weighted by Crippen LogP contribution is -2.32. The lowest BCUT2D eigenvalue weighted by atomic mass is 9.98. The smallest absolute Gasteiger partial charge is 0.255 e. The molecule has 1 aliphatic heterocycles. The minimum atomic E-state index is -0.0344. The van der Waals surface area contributed by atoms with Crippen LogP contribution in [0, 0.1) is 0 Å². The quantitative estimate of drug-likeness (QED) is 0.805. The molecule has 5 heteroatoms. The van der Waals surface area contributed by atoms with Crippen molar-refractivity contribution in [3.63, 3.8) is 0 Å². The van der Waals surface area contributed by atoms with Gasteiger partial charge in [-0.05, 0) is 38.5 Å². The Morgan fingerprint density at radius 3 is 2.76 bits per heavy atom. The Kier molecular flexibility index (Phi) is 3.34. The van der Waals surface area contributed by atoms with Crippen LogP contribution in [0.15, 0.2) is 10.9 Å². The van der Waals surface area contributed by atoms with Gasteiger partial charge in [0.25, 0.3) is 5.56 Å². The fourth-order valence-corrected chi connectivity index (χ4v) is 4.13. The maximum Gasteiger partial charge on any atom is 0.255 e. The summed E-state index contributed by atoms with van der Waals surface area (Å²) in [6.45, 7) is 0.636. The monoisotopic (exact) mass is 308 g/mol. The van der Waals surface area contributed by atoms with E-state index in [1.54, 1.807) is 0 Å². The third kappa shape index (κ3) is 2.64. The number of nitrogens with zero attached hydrogens (tertiary/aromatic N) is 2. The van der Waals surface area contributed by atoms with E-state index < -0.39 is 0 Å². The Bertz CT molecular complexity index is 603. The molecule has 0 bridgehead atoms. The maximum atomic E-state index is 12.3. The highest BCUT2D eigenvalue weighted by Gasteiger charge is 2.42. The summed E-state index contributed by atoms with van der Waals surface area (Å²) in [5.74, 6) is 1.28. The van der Waals surface area contributed by atoms with Gasteiger partial charge in [0.2, 0.25) is 0 Å². The van der Waals surface area contributed by atoms with Crippen molar-refractivity contribution >= 4 is 11.6 Å². The zero-order chi connectivity index (χ0) is 14.4. The van der Waals surface area contributed by atoms with Gasteiger partial charge in [-0.25, -0.2) is 4.98 Å². The molecule has 1 aromatic heterocycles. The molecule has 4 nitrogen and oxygen atoms in total. The molecule has 0 amide bonds. The zero-order valence-electron chi connectivity index (χ0n) is 12.2. The van der Waals surface area contributed by atoms with E-state index in [4.69, 9.17) is 16.3 Å². The fourth-order valence-electron chi connectivity index (χ4n) is 3.95. The van der Waals surface area contributed by atoms with Crippen molar-refractivity contribution in [2.24, 2.45) is 0 Å². The summed E-state index contributed by atoms with van der Waals surface area (Å²) in [6.07, 6.45) is 9.52. The maximum absolute atomic E-state index is 12.3. The van der Waals surface area contributed by atoms with E-state index in [1.165, 1.54) is 31.7 Å². The van der Waals surface area contributed by atoms with Gasteiger partial charge >= 0.3 is 0 Å². The van der Waals surface area contributed by atoms with E-state index in [1.807, 2.05) is 4.57 Å². The molecular weight excluding hydrogens is 288 g/mol. The first-order valence-corrected chi connectivity index (χ1v) is 8.48. The van der Waals surface area contributed by atoms with Crippen molar-refractivity contribution in [2.45, 2.75) is 75.5 Å². The Labute approximate surface area is 129 Å². The number of hydrogen-bond donors (Lipinski definition) is 0. The predicted molar refractivity (Wildman–Crippen MR) is 80.8 cm³/mol. The predicted octanol–water partition coefficient (Wildman–Crippen LogP) is 3.27.